The number of benzene rings is 1. The molecular formula is C24H34ClN3O4. The second-order valence-electron chi connectivity index (χ2n) is 8.62. The summed E-state index contributed by atoms with van der Waals surface area (Å²) >= 11 is 6.07. The minimum Gasteiger partial charge on any atom is -0.468 e. The number of methoxy groups -OCH3 is 1. The Balaban J connectivity index is 1.69. The number of likely N-dealkylation sites (tertiary alicyclic amines) is 1. The Morgan fingerprint density at radius 1 is 1.19 bits per heavy atom. The van der Waals surface area contributed by atoms with Crippen LogP contribution >= 0.6 is 11.6 Å². The minimum atomic E-state index is -0.266. The van der Waals surface area contributed by atoms with Crippen LogP contribution in [0.5, 0.6) is 0 Å². The number of hydrogen-bond donors (Lipinski definition) is 0. The van der Waals surface area contributed by atoms with Gasteiger partial charge in [0.2, 0.25) is 0 Å². The van der Waals surface area contributed by atoms with Crippen LogP contribution in [-0.2, 0) is 20.7 Å². The highest BCUT2D eigenvalue weighted by Gasteiger charge is 2.38. The van der Waals surface area contributed by atoms with Crippen molar-refractivity contribution in [2.75, 3.05) is 46.4 Å². The molecule has 1 amide bonds. The Morgan fingerprint density at radius 3 is 2.50 bits per heavy atom. The fourth-order valence-corrected chi connectivity index (χ4v) is 4.83. The summed E-state index contributed by atoms with van der Waals surface area (Å²) in [6, 6.07) is 8.88. The molecule has 32 heavy (non-hydrogen) atoms. The van der Waals surface area contributed by atoms with Crippen molar-refractivity contribution in [3.63, 3.8) is 0 Å². The normalized spacial score (nSPS) is 23.0. The van der Waals surface area contributed by atoms with Crippen LogP contribution in [-0.4, -0.2) is 91.3 Å². The molecule has 2 heterocycles. The molecule has 0 aliphatic carbocycles. The van der Waals surface area contributed by atoms with Crippen molar-refractivity contribution in [1.29, 1.82) is 0 Å². The minimum absolute atomic E-state index is 0.207. The molecule has 0 bridgehead atoms. The third-order valence-corrected chi connectivity index (χ3v) is 6.73. The smallest absolute Gasteiger partial charge is 0.410 e. The summed E-state index contributed by atoms with van der Waals surface area (Å²) < 4.78 is 10.1. The molecular weight excluding hydrogens is 430 g/mol. The van der Waals surface area contributed by atoms with E-state index in [1.54, 1.807) is 11.0 Å². The van der Waals surface area contributed by atoms with Gasteiger partial charge in [-0.2, -0.15) is 0 Å². The van der Waals surface area contributed by atoms with Crippen LogP contribution in [0.2, 0.25) is 5.02 Å². The maximum atomic E-state index is 12.2. The van der Waals surface area contributed by atoms with Crippen LogP contribution < -0.4 is 0 Å². The highest BCUT2D eigenvalue weighted by molar-refractivity contribution is 6.30. The molecule has 2 atom stereocenters. The second kappa shape index (κ2) is 11.7. The van der Waals surface area contributed by atoms with Gasteiger partial charge in [0.25, 0.3) is 0 Å². The Hall–Kier alpha value is -2.09. The SMILES string of the molecule is C=CCOC(=O)N1CCC(N2CC(C)N(CC(=O)OC)CC2Cc2ccc(Cl)cc2)CC1. The number of hydrogen-bond acceptors (Lipinski definition) is 6. The lowest BCUT2D eigenvalue weighted by Gasteiger charge is -2.50. The third kappa shape index (κ3) is 6.47. The summed E-state index contributed by atoms with van der Waals surface area (Å²) in [5.41, 5.74) is 1.22. The third-order valence-electron chi connectivity index (χ3n) is 6.47. The summed E-state index contributed by atoms with van der Waals surface area (Å²) in [5, 5.41) is 0.728. The fraction of sp³-hybridized carbons (Fsp3) is 0.583. The number of piperidine rings is 1. The first-order chi connectivity index (χ1) is 15.4. The van der Waals surface area contributed by atoms with Crippen molar-refractivity contribution >= 4 is 23.7 Å². The highest BCUT2D eigenvalue weighted by atomic mass is 35.5. The van der Waals surface area contributed by atoms with E-state index in [4.69, 9.17) is 21.1 Å². The van der Waals surface area contributed by atoms with Gasteiger partial charge in [0.15, 0.2) is 0 Å². The van der Waals surface area contributed by atoms with E-state index in [2.05, 4.69) is 35.4 Å². The predicted octanol–water partition coefficient (Wildman–Crippen LogP) is 3.22. The number of ether oxygens (including phenoxy) is 2. The van der Waals surface area contributed by atoms with Crippen molar-refractivity contribution in [2.24, 2.45) is 0 Å². The van der Waals surface area contributed by atoms with Gasteiger partial charge in [0.05, 0.1) is 13.7 Å². The van der Waals surface area contributed by atoms with E-state index >= 15 is 0 Å². The molecule has 3 rings (SSSR count). The number of piperazine rings is 1. The number of esters is 1. The zero-order valence-corrected chi connectivity index (χ0v) is 19.8. The topological polar surface area (TPSA) is 62.3 Å². The van der Waals surface area contributed by atoms with Gasteiger partial charge in [-0.15, -0.1) is 0 Å². The van der Waals surface area contributed by atoms with Crippen LogP contribution in [0.1, 0.15) is 25.3 Å². The first-order valence-corrected chi connectivity index (χ1v) is 11.6. The molecule has 0 spiro atoms. The Morgan fingerprint density at radius 2 is 1.88 bits per heavy atom. The molecule has 2 unspecified atom stereocenters. The lowest BCUT2D eigenvalue weighted by molar-refractivity contribution is -0.144. The lowest BCUT2D eigenvalue weighted by Crippen LogP contribution is -2.62. The van der Waals surface area contributed by atoms with Crippen molar-refractivity contribution in [3.8, 4) is 0 Å². The first kappa shape index (κ1) is 24.6. The summed E-state index contributed by atoms with van der Waals surface area (Å²) in [5.74, 6) is -0.207. The summed E-state index contributed by atoms with van der Waals surface area (Å²) in [6.07, 6.45) is 4.01. The van der Waals surface area contributed by atoms with E-state index in [1.807, 2.05) is 12.1 Å². The molecule has 0 radical (unpaired) electrons. The predicted molar refractivity (Wildman–Crippen MR) is 125 cm³/mol. The number of rotatable bonds is 7. The van der Waals surface area contributed by atoms with Crippen LogP contribution in [0.3, 0.4) is 0 Å². The molecule has 1 aromatic carbocycles. The number of nitrogens with zero attached hydrogens (tertiary/aromatic N) is 3. The zero-order chi connectivity index (χ0) is 23.1. The van der Waals surface area contributed by atoms with E-state index in [9.17, 15) is 9.59 Å². The molecule has 2 aliphatic rings. The Bertz CT molecular complexity index is 780. The van der Waals surface area contributed by atoms with E-state index < -0.39 is 0 Å². The van der Waals surface area contributed by atoms with Gasteiger partial charge in [0.1, 0.15) is 6.61 Å². The van der Waals surface area contributed by atoms with Crippen LogP contribution in [0, 0.1) is 0 Å². The monoisotopic (exact) mass is 463 g/mol. The zero-order valence-electron chi connectivity index (χ0n) is 19.0. The fourth-order valence-electron chi connectivity index (χ4n) is 4.70. The van der Waals surface area contributed by atoms with Crippen molar-refractivity contribution in [1.82, 2.24) is 14.7 Å². The van der Waals surface area contributed by atoms with Crippen molar-refractivity contribution < 1.29 is 19.1 Å². The van der Waals surface area contributed by atoms with Gasteiger partial charge >= 0.3 is 12.1 Å². The van der Waals surface area contributed by atoms with Crippen LogP contribution in [0.25, 0.3) is 0 Å². The highest BCUT2D eigenvalue weighted by Crippen LogP contribution is 2.27. The maximum Gasteiger partial charge on any atom is 0.410 e. The maximum absolute atomic E-state index is 12.2. The number of carbonyl (C=O) groups excluding carboxylic acids is 2. The summed E-state index contributed by atoms with van der Waals surface area (Å²) in [6.45, 7) is 9.33. The first-order valence-electron chi connectivity index (χ1n) is 11.2. The van der Waals surface area contributed by atoms with Crippen LogP contribution in [0.4, 0.5) is 4.79 Å². The van der Waals surface area contributed by atoms with E-state index in [1.165, 1.54) is 12.7 Å². The van der Waals surface area contributed by atoms with Crippen molar-refractivity contribution in [2.45, 2.75) is 44.3 Å². The standard InChI is InChI=1S/C24H34ClN3O4/c1-4-13-32-24(30)26-11-9-21(10-12-26)28-15-18(2)27(17-23(29)31-3)16-22(28)14-19-5-7-20(25)8-6-19/h4-8,18,21-22H,1,9-17H2,2-3H3. The molecule has 2 saturated heterocycles. The number of carbonyl (C=O) groups is 2. The van der Waals surface area contributed by atoms with Gasteiger partial charge in [-0.3, -0.25) is 14.6 Å². The Labute approximate surface area is 195 Å². The molecule has 0 N–H and O–H groups in total. The van der Waals surface area contributed by atoms with Gasteiger partial charge in [-0.05, 0) is 43.9 Å². The summed E-state index contributed by atoms with van der Waals surface area (Å²) in [4.78, 5) is 30.7. The number of amides is 1. The lowest BCUT2D eigenvalue weighted by atomic mass is 9.94. The second-order valence-corrected chi connectivity index (χ2v) is 9.06. The van der Waals surface area contributed by atoms with E-state index in [-0.39, 0.29) is 30.8 Å². The number of halogens is 1. The van der Waals surface area contributed by atoms with Crippen LogP contribution in [0.15, 0.2) is 36.9 Å². The average Bonchev–Trinajstić information content (AvgIpc) is 2.80. The molecule has 2 fully saturated rings. The Kier molecular flexibility index (Phi) is 8.96. The largest absolute Gasteiger partial charge is 0.468 e. The van der Waals surface area contributed by atoms with Gasteiger partial charge < -0.3 is 14.4 Å². The van der Waals surface area contributed by atoms with Gasteiger partial charge in [0, 0.05) is 49.3 Å². The molecule has 7 nitrogen and oxygen atoms in total. The summed E-state index contributed by atoms with van der Waals surface area (Å²) in [7, 11) is 1.43. The van der Waals surface area contributed by atoms with Gasteiger partial charge in [-0.25, -0.2) is 4.79 Å². The molecule has 8 heteroatoms. The molecule has 0 saturated carbocycles. The van der Waals surface area contributed by atoms with E-state index in [0.29, 0.717) is 25.7 Å². The van der Waals surface area contributed by atoms with Gasteiger partial charge in [-0.1, -0.05) is 36.4 Å². The average molecular weight is 464 g/mol. The molecule has 0 aromatic heterocycles. The van der Waals surface area contributed by atoms with Crippen molar-refractivity contribution in [3.05, 3.63) is 47.5 Å². The van der Waals surface area contributed by atoms with E-state index in [0.717, 1.165) is 37.4 Å². The molecule has 176 valence electrons. The molecule has 2 aliphatic heterocycles. The quantitative estimate of drug-likeness (QED) is 0.457. The molecule has 1 aromatic rings.